The van der Waals surface area contributed by atoms with Crippen molar-refractivity contribution in [2.75, 3.05) is 13.7 Å². The number of hydrogen-bond donors (Lipinski definition) is 1. The third kappa shape index (κ3) is 6.74. The summed E-state index contributed by atoms with van der Waals surface area (Å²) in [5.41, 5.74) is 1.79. The molecule has 1 heterocycles. The molecule has 31 heavy (non-hydrogen) atoms. The Kier molecular flexibility index (Phi) is 7.63. The van der Waals surface area contributed by atoms with Gasteiger partial charge in [0.15, 0.2) is 0 Å². The summed E-state index contributed by atoms with van der Waals surface area (Å²) in [5, 5.41) is 3.04. The van der Waals surface area contributed by atoms with E-state index < -0.39 is 11.7 Å². The minimum Gasteiger partial charge on any atom is -0.497 e. The summed E-state index contributed by atoms with van der Waals surface area (Å²) in [6.07, 6.45) is 7.59. The highest BCUT2D eigenvalue weighted by molar-refractivity contribution is 5.76. The van der Waals surface area contributed by atoms with E-state index in [-0.39, 0.29) is 23.8 Å². The van der Waals surface area contributed by atoms with Crippen LogP contribution in [-0.2, 0) is 20.7 Å². The number of esters is 1. The quantitative estimate of drug-likeness (QED) is 0.497. The molecule has 3 rings (SSSR count). The molecule has 1 aliphatic carbocycles. The lowest BCUT2D eigenvalue weighted by atomic mass is 9.80. The maximum absolute atomic E-state index is 12.6. The van der Waals surface area contributed by atoms with E-state index in [1.54, 1.807) is 7.11 Å². The van der Waals surface area contributed by atoms with Crippen molar-refractivity contribution in [1.82, 2.24) is 5.32 Å². The number of cyclic esters (lactones) is 1. The van der Waals surface area contributed by atoms with Gasteiger partial charge in [0.2, 0.25) is 0 Å². The van der Waals surface area contributed by atoms with Crippen molar-refractivity contribution >= 4 is 12.1 Å². The molecule has 1 N–H and O–H groups in total. The molecule has 0 aromatic heterocycles. The lowest BCUT2D eigenvalue weighted by molar-refractivity contribution is -0.141. The Morgan fingerprint density at radius 3 is 2.58 bits per heavy atom. The number of hydrogen-bond acceptors (Lipinski definition) is 5. The van der Waals surface area contributed by atoms with Gasteiger partial charge in [-0.25, -0.2) is 4.79 Å². The van der Waals surface area contributed by atoms with Crippen LogP contribution in [0.15, 0.2) is 35.9 Å². The molecule has 0 spiro atoms. The van der Waals surface area contributed by atoms with Crippen molar-refractivity contribution in [3.63, 3.8) is 0 Å². The van der Waals surface area contributed by atoms with Crippen molar-refractivity contribution < 1.29 is 23.8 Å². The van der Waals surface area contributed by atoms with Gasteiger partial charge in [0.05, 0.1) is 19.6 Å². The lowest BCUT2D eigenvalue weighted by Crippen LogP contribution is -2.46. The van der Waals surface area contributed by atoms with Crippen molar-refractivity contribution in [2.24, 2.45) is 11.8 Å². The molecule has 170 valence electrons. The van der Waals surface area contributed by atoms with Crippen LogP contribution in [0.5, 0.6) is 5.75 Å². The van der Waals surface area contributed by atoms with Crippen molar-refractivity contribution in [2.45, 2.75) is 70.9 Å². The normalized spacial score (nSPS) is 22.3. The first-order valence-corrected chi connectivity index (χ1v) is 11.2. The number of carbonyl (C=O) groups is 2. The molecule has 1 aromatic carbocycles. The zero-order valence-electron chi connectivity index (χ0n) is 19.1. The first-order chi connectivity index (χ1) is 14.7. The highest BCUT2D eigenvalue weighted by Crippen LogP contribution is 2.35. The maximum atomic E-state index is 12.6. The third-order valence-electron chi connectivity index (χ3n) is 5.94. The predicted octanol–water partition coefficient (Wildman–Crippen LogP) is 4.81. The Hall–Kier alpha value is -2.50. The van der Waals surface area contributed by atoms with Gasteiger partial charge in [0, 0.05) is 12.0 Å². The molecule has 3 atom stereocenters. The molecule has 0 bridgehead atoms. The van der Waals surface area contributed by atoms with Gasteiger partial charge < -0.3 is 19.5 Å². The van der Waals surface area contributed by atoms with Crippen LogP contribution in [0.25, 0.3) is 0 Å². The maximum Gasteiger partial charge on any atom is 0.407 e. The Balaban J connectivity index is 1.79. The molecular formula is C25H35NO5. The molecular weight excluding hydrogens is 394 g/mol. The van der Waals surface area contributed by atoms with E-state index in [0.717, 1.165) is 24.2 Å². The highest BCUT2D eigenvalue weighted by Gasteiger charge is 2.42. The van der Waals surface area contributed by atoms with E-state index in [1.165, 1.54) is 18.4 Å². The molecule has 1 amide bonds. The van der Waals surface area contributed by atoms with Crippen LogP contribution in [-0.4, -0.2) is 37.4 Å². The number of nitrogens with one attached hydrogen (secondary N) is 1. The van der Waals surface area contributed by atoms with Crippen LogP contribution in [0, 0.1) is 11.8 Å². The molecule has 2 aliphatic rings. The average Bonchev–Trinajstić information content (AvgIpc) is 3.08. The molecule has 1 aromatic rings. The number of ether oxygens (including phenoxy) is 3. The smallest absolute Gasteiger partial charge is 0.407 e. The number of benzene rings is 1. The topological polar surface area (TPSA) is 73.9 Å². The number of rotatable bonds is 7. The number of carbonyl (C=O) groups excluding carboxylic acids is 2. The molecule has 1 saturated heterocycles. The van der Waals surface area contributed by atoms with E-state index in [2.05, 4.69) is 11.4 Å². The zero-order chi connectivity index (χ0) is 22.4. The summed E-state index contributed by atoms with van der Waals surface area (Å²) in [5.74, 6) is 0.261. The van der Waals surface area contributed by atoms with Gasteiger partial charge in [-0.05, 0) is 77.0 Å². The van der Waals surface area contributed by atoms with Crippen LogP contribution in [0.3, 0.4) is 0 Å². The largest absolute Gasteiger partial charge is 0.497 e. The predicted molar refractivity (Wildman–Crippen MR) is 119 cm³/mol. The molecule has 6 heteroatoms. The van der Waals surface area contributed by atoms with Gasteiger partial charge in [-0.3, -0.25) is 4.79 Å². The third-order valence-corrected chi connectivity index (χ3v) is 5.94. The molecule has 6 nitrogen and oxygen atoms in total. The van der Waals surface area contributed by atoms with Crippen molar-refractivity contribution in [1.29, 1.82) is 0 Å². The second-order valence-electron chi connectivity index (χ2n) is 9.52. The van der Waals surface area contributed by atoms with Crippen LogP contribution >= 0.6 is 0 Å². The fraction of sp³-hybridized carbons (Fsp3) is 0.600. The van der Waals surface area contributed by atoms with Crippen molar-refractivity contribution in [3.05, 3.63) is 41.5 Å². The minimum atomic E-state index is -0.594. The molecule has 1 fully saturated rings. The van der Waals surface area contributed by atoms with Crippen LogP contribution in [0.4, 0.5) is 4.79 Å². The minimum absolute atomic E-state index is 0.107. The summed E-state index contributed by atoms with van der Waals surface area (Å²) in [7, 11) is 1.63. The van der Waals surface area contributed by atoms with Crippen LogP contribution in [0.1, 0.15) is 58.4 Å². The number of methoxy groups -OCH3 is 1. The average molecular weight is 430 g/mol. The van der Waals surface area contributed by atoms with E-state index in [4.69, 9.17) is 14.2 Å². The number of allylic oxidation sites excluding steroid dienone is 2. The fourth-order valence-electron chi connectivity index (χ4n) is 4.36. The van der Waals surface area contributed by atoms with Crippen LogP contribution in [0.2, 0.25) is 0 Å². The summed E-state index contributed by atoms with van der Waals surface area (Å²) < 4.78 is 16.2. The molecule has 0 saturated carbocycles. The van der Waals surface area contributed by atoms with Gasteiger partial charge >= 0.3 is 12.1 Å². The summed E-state index contributed by atoms with van der Waals surface area (Å²) in [4.78, 5) is 25.2. The lowest BCUT2D eigenvalue weighted by Gasteiger charge is -2.29. The highest BCUT2D eigenvalue weighted by atomic mass is 16.6. The van der Waals surface area contributed by atoms with Gasteiger partial charge in [0.1, 0.15) is 11.4 Å². The zero-order valence-corrected chi connectivity index (χ0v) is 19.1. The van der Waals surface area contributed by atoms with Gasteiger partial charge in [0.25, 0.3) is 0 Å². The van der Waals surface area contributed by atoms with E-state index in [9.17, 15) is 9.59 Å². The second kappa shape index (κ2) is 10.2. The Morgan fingerprint density at radius 2 is 1.97 bits per heavy atom. The van der Waals surface area contributed by atoms with Gasteiger partial charge in [-0.2, -0.15) is 0 Å². The monoisotopic (exact) mass is 429 g/mol. The SMILES string of the molecule is COc1ccc(C[C@H](NC(=O)OC(C)(C)C)C2COC(=O)[C@@H]2CC2=CCCCC2)cc1. The van der Waals surface area contributed by atoms with Gasteiger partial charge in [-0.15, -0.1) is 0 Å². The van der Waals surface area contributed by atoms with Crippen LogP contribution < -0.4 is 10.1 Å². The number of alkyl carbamates (subject to hydrolysis) is 1. The summed E-state index contributed by atoms with van der Waals surface area (Å²) >= 11 is 0. The Bertz CT molecular complexity index is 793. The molecule has 1 aliphatic heterocycles. The first kappa shape index (κ1) is 23.2. The Morgan fingerprint density at radius 1 is 1.23 bits per heavy atom. The molecule has 1 unspecified atom stereocenters. The van der Waals surface area contributed by atoms with E-state index >= 15 is 0 Å². The summed E-state index contributed by atoms with van der Waals surface area (Å²) in [6, 6.07) is 7.50. The first-order valence-electron chi connectivity index (χ1n) is 11.2. The van der Waals surface area contributed by atoms with E-state index in [1.807, 2.05) is 45.0 Å². The number of amides is 1. The fourth-order valence-corrected chi connectivity index (χ4v) is 4.36. The standard InChI is InChI=1S/C25H35NO5/c1-25(2,3)31-24(28)26-22(15-18-10-12-19(29-4)13-11-18)21-16-30-23(27)20(21)14-17-8-6-5-7-9-17/h8,10-13,20-22H,5-7,9,14-16H2,1-4H3,(H,26,28)/t20-,21?,22+/m1/s1. The molecule has 0 radical (unpaired) electrons. The second-order valence-corrected chi connectivity index (χ2v) is 9.52. The Labute approximate surface area is 185 Å². The van der Waals surface area contributed by atoms with E-state index in [0.29, 0.717) is 19.4 Å². The van der Waals surface area contributed by atoms with Crippen molar-refractivity contribution in [3.8, 4) is 5.75 Å². The van der Waals surface area contributed by atoms with Gasteiger partial charge in [-0.1, -0.05) is 23.8 Å². The summed E-state index contributed by atoms with van der Waals surface area (Å²) in [6.45, 7) is 5.83.